The fraction of sp³-hybridized carbons (Fsp3) is 0.357. The Hall–Kier alpha value is -1.99. The molecule has 8 heteroatoms. The molecule has 1 aliphatic carbocycles. The van der Waals surface area contributed by atoms with Crippen LogP contribution in [0.25, 0.3) is 0 Å². The van der Waals surface area contributed by atoms with Crippen molar-refractivity contribution in [1.82, 2.24) is 14.8 Å². The smallest absolute Gasteiger partial charge is 0.260 e. The molecule has 0 aliphatic heterocycles. The van der Waals surface area contributed by atoms with E-state index in [2.05, 4.69) is 15.5 Å². The molecule has 1 unspecified atom stereocenters. The van der Waals surface area contributed by atoms with Gasteiger partial charge in [-0.05, 0) is 31.9 Å². The van der Waals surface area contributed by atoms with Gasteiger partial charge in [0.25, 0.3) is 5.91 Å². The van der Waals surface area contributed by atoms with Gasteiger partial charge in [0.15, 0.2) is 6.10 Å². The summed E-state index contributed by atoms with van der Waals surface area (Å²) in [6, 6.07) is 4.01. The van der Waals surface area contributed by atoms with E-state index in [1.54, 1.807) is 6.92 Å². The Labute approximate surface area is 130 Å². The summed E-state index contributed by atoms with van der Waals surface area (Å²) in [5.41, 5.74) is -0.142. The highest BCUT2D eigenvalue weighted by Gasteiger charge is 2.30. The predicted molar refractivity (Wildman–Crippen MR) is 78.0 cm³/mol. The number of aromatic nitrogens is 3. The first-order valence-corrected chi connectivity index (χ1v) is 7.20. The molecule has 1 aromatic carbocycles. The van der Waals surface area contributed by atoms with Gasteiger partial charge in [-0.3, -0.25) is 14.7 Å². The first-order valence-electron chi connectivity index (χ1n) is 6.82. The SMILES string of the molecule is Cc1nnc(NC(=O)C(O)c2ccc(Cl)cc2F)n1C1CC1. The van der Waals surface area contributed by atoms with Crippen molar-refractivity contribution in [2.24, 2.45) is 0 Å². The molecule has 6 nitrogen and oxygen atoms in total. The Morgan fingerprint density at radius 3 is 2.86 bits per heavy atom. The minimum absolute atomic E-state index is 0.142. The summed E-state index contributed by atoms with van der Waals surface area (Å²) < 4.78 is 15.6. The second-order valence-electron chi connectivity index (χ2n) is 5.23. The van der Waals surface area contributed by atoms with E-state index in [0.29, 0.717) is 5.82 Å². The standard InChI is InChI=1S/C14H14ClFN4O2/c1-7-18-19-14(20(7)9-3-4-9)17-13(22)12(21)10-5-2-8(15)6-11(10)16/h2,5-6,9,12,21H,3-4H2,1H3,(H,17,19,22). The summed E-state index contributed by atoms with van der Waals surface area (Å²) in [6.45, 7) is 1.79. The molecular weight excluding hydrogens is 311 g/mol. The fourth-order valence-corrected chi connectivity index (χ4v) is 2.43. The van der Waals surface area contributed by atoms with Gasteiger partial charge < -0.3 is 5.11 Å². The van der Waals surface area contributed by atoms with Crippen LogP contribution in [0.2, 0.25) is 5.02 Å². The molecule has 1 fully saturated rings. The topological polar surface area (TPSA) is 80.0 Å². The van der Waals surface area contributed by atoms with Gasteiger partial charge in [-0.2, -0.15) is 0 Å². The zero-order valence-corrected chi connectivity index (χ0v) is 12.5. The molecule has 0 bridgehead atoms. The van der Waals surface area contributed by atoms with Crippen molar-refractivity contribution >= 4 is 23.5 Å². The van der Waals surface area contributed by atoms with Gasteiger partial charge in [0, 0.05) is 16.6 Å². The quantitative estimate of drug-likeness (QED) is 0.905. The van der Waals surface area contributed by atoms with E-state index in [-0.39, 0.29) is 22.6 Å². The largest absolute Gasteiger partial charge is 0.378 e. The van der Waals surface area contributed by atoms with Crippen molar-refractivity contribution in [1.29, 1.82) is 0 Å². The van der Waals surface area contributed by atoms with Crippen LogP contribution >= 0.6 is 11.6 Å². The van der Waals surface area contributed by atoms with Gasteiger partial charge in [0.05, 0.1) is 0 Å². The average molecular weight is 325 g/mol. The van der Waals surface area contributed by atoms with Crippen LogP contribution in [-0.4, -0.2) is 25.8 Å². The molecule has 1 heterocycles. The number of aryl methyl sites for hydroxylation is 1. The average Bonchev–Trinajstić information content (AvgIpc) is 3.23. The lowest BCUT2D eigenvalue weighted by Crippen LogP contribution is -2.23. The number of carbonyl (C=O) groups excluding carboxylic acids is 1. The third kappa shape index (κ3) is 2.82. The number of hydrogen-bond donors (Lipinski definition) is 2. The Bertz CT molecular complexity index is 730. The summed E-state index contributed by atoms with van der Waals surface area (Å²) in [5.74, 6) is -0.561. The van der Waals surface area contributed by atoms with Gasteiger partial charge in [-0.25, -0.2) is 4.39 Å². The third-order valence-corrected chi connectivity index (χ3v) is 3.75. The molecule has 1 aliphatic rings. The van der Waals surface area contributed by atoms with Crippen molar-refractivity contribution in [3.63, 3.8) is 0 Å². The number of halogens is 2. The number of aliphatic hydroxyl groups excluding tert-OH is 1. The minimum atomic E-state index is -1.65. The van der Waals surface area contributed by atoms with Gasteiger partial charge in [-0.1, -0.05) is 17.7 Å². The zero-order chi connectivity index (χ0) is 15.9. The Kier molecular flexibility index (Phi) is 3.84. The maximum Gasteiger partial charge on any atom is 0.260 e. The molecule has 1 atom stereocenters. The monoisotopic (exact) mass is 324 g/mol. The molecule has 0 saturated heterocycles. The summed E-state index contributed by atoms with van der Waals surface area (Å²) in [7, 11) is 0. The van der Waals surface area contributed by atoms with E-state index in [9.17, 15) is 14.3 Å². The molecule has 2 aromatic rings. The maximum absolute atomic E-state index is 13.8. The number of anilines is 1. The zero-order valence-electron chi connectivity index (χ0n) is 11.8. The fourth-order valence-electron chi connectivity index (χ4n) is 2.27. The van der Waals surface area contributed by atoms with Crippen molar-refractivity contribution in [3.8, 4) is 0 Å². The molecule has 3 rings (SSSR count). The molecule has 0 radical (unpaired) electrons. The molecule has 1 aromatic heterocycles. The number of aliphatic hydroxyl groups is 1. The minimum Gasteiger partial charge on any atom is -0.378 e. The van der Waals surface area contributed by atoms with Crippen LogP contribution in [0, 0.1) is 12.7 Å². The molecule has 1 saturated carbocycles. The number of hydrogen-bond acceptors (Lipinski definition) is 4. The second kappa shape index (κ2) is 5.66. The van der Waals surface area contributed by atoms with Crippen molar-refractivity contribution in [3.05, 3.63) is 40.4 Å². The summed E-state index contributed by atoms with van der Waals surface area (Å²) in [4.78, 5) is 12.1. The van der Waals surface area contributed by atoms with Crippen LogP contribution in [0.3, 0.4) is 0 Å². The Morgan fingerprint density at radius 2 is 2.23 bits per heavy atom. The summed E-state index contributed by atoms with van der Waals surface area (Å²) in [5, 5.41) is 20.5. The summed E-state index contributed by atoms with van der Waals surface area (Å²) in [6.07, 6.45) is 0.341. The Balaban J connectivity index is 1.79. The van der Waals surface area contributed by atoms with E-state index >= 15 is 0 Å². The number of nitrogens with zero attached hydrogens (tertiary/aromatic N) is 3. The van der Waals surface area contributed by atoms with Gasteiger partial charge >= 0.3 is 0 Å². The normalized spacial score (nSPS) is 15.6. The third-order valence-electron chi connectivity index (χ3n) is 3.52. The maximum atomic E-state index is 13.8. The number of benzene rings is 1. The first kappa shape index (κ1) is 14.9. The Morgan fingerprint density at radius 1 is 1.50 bits per heavy atom. The van der Waals surface area contributed by atoms with Crippen molar-refractivity contribution in [2.75, 3.05) is 5.32 Å². The number of carbonyl (C=O) groups is 1. The van der Waals surface area contributed by atoms with E-state index in [1.165, 1.54) is 12.1 Å². The molecule has 22 heavy (non-hydrogen) atoms. The number of rotatable bonds is 4. The first-order chi connectivity index (χ1) is 10.5. The van der Waals surface area contributed by atoms with Crippen LogP contribution in [0.5, 0.6) is 0 Å². The van der Waals surface area contributed by atoms with E-state index in [4.69, 9.17) is 11.6 Å². The summed E-state index contributed by atoms with van der Waals surface area (Å²) >= 11 is 5.65. The predicted octanol–water partition coefficient (Wildman–Crippen LogP) is 2.39. The van der Waals surface area contributed by atoms with Crippen LogP contribution in [0.1, 0.15) is 36.4 Å². The molecule has 1 amide bonds. The van der Waals surface area contributed by atoms with Gasteiger partial charge in [0.1, 0.15) is 11.6 Å². The molecule has 0 spiro atoms. The van der Waals surface area contributed by atoms with Gasteiger partial charge in [0.2, 0.25) is 5.95 Å². The number of amides is 1. The second-order valence-corrected chi connectivity index (χ2v) is 5.67. The van der Waals surface area contributed by atoms with Crippen LogP contribution in [0.15, 0.2) is 18.2 Å². The van der Waals surface area contributed by atoms with E-state index < -0.39 is 17.8 Å². The van der Waals surface area contributed by atoms with Crippen molar-refractivity contribution < 1.29 is 14.3 Å². The highest BCUT2D eigenvalue weighted by molar-refractivity contribution is 6.30. The van der Waals surface area contributed by atoms with Gasteiger partial charge in [-0.15, -0.1) is 10.2 Å². The molecule has 116 valence electrons. The number of nitrogens with one attached hydrogen (secondary N) is 1. The lowest BCUT2D eigenvalue weighted by atomic mass is 10.1. The highest BCUT2D eigenvalue weighted by atomic mass is 35.5. The van der Waals surface area contributed by atoms with Crippen molar-refractivity contribution in [2.45, 2.75) is 31.9 Å². The van der Waals surface area contributed by atoms with E-state index in [0.717, 1.165) is 18.9 Å². The van der Waals surface area contributed by atoms with Crippen LogP contribution < -0.4 is 5.32 Å². The lowest BCUT2D eigenvalue weighted by molar-refractivity contribution is -0.124. The van der Waals surface area contributed by atoms with Crippen LogP contribution in [-0.2, 0) is 4.79 Å². The molecule has 2 N–H and O–H groups in total. The lowest BCUT2D eigenvalue weighted by Gasteiger charge is -2.13. The highest BCUT2D eigenvalue weighted by Crippen LogP contribution is 2.37. The van der Waals surface area contributed by atoms with E-state index in [1.807, 2.05) is 4.57 Å². The molecular formula is C14H14ClFN4O2. The van der Waals surface area contributed by atoms with Crippen LogP contribution in [0.4, 0.5) is 10.3 Å².